The Morgan fingerprint density at radius 2 is 2.07 bits per heavy atom. The van der Waals surface area contributed by atoms with Crippen molar-refractivity contribution in [3.63, 3.8) is 0 Å². The summed E-state index contributed by atoms with van der Waals surface area (Å²) in [6.45, 7) is 6.65. The summed E-state index contributed by atoms with van der Waals surface area (Å²) >= 11 is 0. The molecule has 1 aromatic heterocycles. The molecule has 14 heavy (non-hydrogen) atoms. The zero-order valence-electron chi connectivity index (χ0n) is 9.09. The van der Waals surface area contributed by atoms with Crippen molar-refractivity contribution in [2.24, 2.45) is 0 Å². The fourth-order valence-electron chi connectivity index (χ4n) is 1.86. The Morgan fingerprint density at radius 3 is 2.71 bits per heavy atom. The number of fused-ring (bicyclic) bond motifs is 1. The molecule has 0 amide bonds. The number of H-pyrrole nitrogens is 1. The monoisotopic (exact) mass is 187 g/mol. The van der Waals surface area contributed by atoms with Gasteiger partial charge >= 0.3 is 0 Å². The normalized spacial score (nSPS) is 11.4. The molecule has 74 valence electrons. The van der Waals surface area contributed by atoms with Crippen LogP contribution in [0.4, 0.5) is 0 Å². The molecule has 0 fully saturated rings. The summed E-state index contributed by atoms with van der Waals surface area (Å²) in [5, 5.41) is 1.37. The van der Waals surface area contributed by atoms with Gasteiger partial charge in [0.25, 0.3) is 0 Å². The summed E-state index contributed by atoms with van der Waals surface area (Å²) in [6.07, 6.45) is 3.22. The van der Waals surface area contributed by atoms with Crippen LogP contribution in [0, 0.1) is 0 Å². The van der Waals surface area contributed by atoms with E-state index in [1.165, 1.54) is 22.0 Å². The van der Waals surface area contributed by atoms with Crippen molar-refractivity contribution >= 4 is 10.9 Å². The Kier molecular flexibility index (Phi) is 2.32. The highest BCUT2D eigenvalue weighted by atomic mass is 14.7. The third-order valence-electron chi connectivity index (χ3n) is 2.84. The van der Waals surface area contributed by atoms with Crippen LogP contribution in [-0.2, 0) is 6.42 Å². The first-order valence-corrected chi connectivity index (χ1v) is 5.32. The van der Waals surface area contributed by atoms with Gasteiger partial charge in [0.2, 0.25) is 0 Å². The van der Waals surface area contributed by atoms with Crippen LogP contribution in [0.25, 0.3) is 10.9 Å². The van der Waals surface area contributed by atoms with Crippen molar-refractivity contribution in [1.29, 1.82) is 0 Å². The Bertz CT molecular complexity index is 437. The van der Waals surface area contributed by atoms with Gasteiger partial charge in [-0.2, -0.15) is 0 Å². The molecule has 2 aromatic rings. The number of aromatic amines is 1. The van der Waals surface area contributed by atoms with Gasteiger partial charge in [0.1, 0.15) is 0 Å². The fraction of sp³-hybridized carbons (Fsp3) is 0.385. The molecule has 0 saturated carbocycles. The van der Waals surface area contributed by atoms with E-state index >= 15 is 0 Å². The summed E-state index contributed by atoms with van der Waals surface area (Å²) in [7, 11) is 0. The molecular weight excluding hydrogens is 170 g/mol. The highest BCUT2D eigenvalue weighted by Crippen LogP contribution is 2.23. The molecule has 1 heteroatoms. The van der Waals surface area contributed by atoms with Crippen LogP contribution in [0.3, 0.4) is 0 Å². The maximum absolute atomic E-state index is 3.33. The number of aryl methyl sites for hydroxylation is 1. The highest BCUT2D eigenvalue weighted by Gasteiger charge is 2.04. The zero-order valence-corrected chi connectivity index (χ0v) is 9.09. The van der Waals surface area contributed by atoms with Crippen LogP contribution in [0.1, 0.15) is 37.8 Å². The number of hydrogen-bond donors (Lipinski definition) is 1. The van der Waals surface area contributed by atoms with E-state index in [-0.39, 0.29) is 0 Å². The first-order chi connectivity index (χ1) is 6.72. The number of nitrogens with one attached hydrogen (secondary N) is 1. The summed E-state index contributed by atoms with van der Waals surface area (Å²) in [4.78, 5) is 3.33. The molecule has 0 aliphatic carbocycles. The molecule has 0 saturated heterocycles. The van der Waals surface area contributed by atoms with Gasteiger partial charge in [-0.1, -0.05) is 32.9 Å². The maximum atomic E-state index is 3.33. The smallest absolute Gasteiger partial charge is 0.0459 e. The van der Waals surface area contributed by atoms with E-state index in [1.54, 1.807) is 0 Å². The quantitative estimate of drug-likeness (QED) is 0.735. The molecular formula is C13H17N. The number of rotatable bonds is 2. The van der Waals surface area contributed by atoms with E-state index in [4.69, 9.17) is 0 Å². The van der Waals surface area contributed by atoms with Crippen molar-refractivity contribution < 1.29 is 0 Å². The topological polar surface area (TPSA) is 15.8 Å². The van der Waals surface area contributed by atoms with Crippen LogP contribution in [0.5, 0.6) is 0 Å². The van der Waals surface area contributed by atoms with Crippen molar-refractivity contribution in [2.45, 2.75) is 33.1 Å². The molecule has 0 unspecified atom stereocenters. The second kappa shape index (κ2) is 3.49. The van der Waals surface area contributed by atoms with Gasteiger partial charge in [-0.25, -0.2) is 0 Å². The van der Waals surface area contributed by atoms with Crippen molar-refractivity contribution in [3.05, 3.63) is 35.5 Å². The predicted octanol–water partition coefficient (Wildman–Crippen LogP) is 3.85. The molecule has 0 radical (unpaired) electrons. The molecule has 1 nitrogen and oxygen atoms in total. The zero-order chi connectivity index (χ0) is 10.1. The Labute approximate surface area is 85.1 Å². The summed E-state index contributed by atoms with van der Waals surface area (Å²) in [6, 6.07) is 6.74. The lowest BCUT2D eigenvalue weighted by Gasteiger charge is -2.04. The van der Waals surface area contributed by atoms with E-state index in [2.05, 4.69) is 50.2 Å². The molecule has 0 aliphatic rings. The molecule has 0 aliphatic heterocycles. The molecule has 0 atom stereocenters. The molecule has 1 N–H and O–H groups in total. The van der Waals surface area contributed by atoms with Crippen LogP contribution < -0.4 is 0 Å². The van der Waals surface area contributed by atoms with E-state index < -0.39 is 0 Å². The molecule has 1 aromatic carbocycles. The van der Waals surface area contributed by atoms with Crippen LogP contribution >= 0.6 is 0 Å². The van der Waals surface area contributed by atoms with E-state index in [1.807, 2.05) is 0 Å². The van der Waals surface area contributed by atoms with Gasteiger partial charge < -0.3 is 4.98 Å². The largest absolute Gasteiger partial charge is 0.361 e. The first kappa shape index (κ1) is 9.32. The van der Waals surface area contributed by atoms with Gasteiger partial charge in [-0.05, 0) is 29.5 Å². The van der Waals surface area contributed by atoms with Crippen LogP contribution in [-0.4, -0.2) is 4.98 Å². The van der Waals surface area contributed by atoms with Crippen LogP contribution in [0.15, 0.2) is 24.4 Å². The average molecular weight is 187 g/mol. The second-order valence-electron chi connectivity index (χ2n) is 4.13. The minimum atomic E-state index is 0.604. The summed E-state index contributed by atoms with van der Waals surface area (Å²) in [5.74, 6) is 0.604. The van der Waals surface area contributed by atoms with Crippen LogP contribution in [0.2, 0.25) is 0 Å². The SMILES string of the molecule is CCc1c[nH]c2cc(C(C)C)ccc12. The van der Waals surface area contributed by atoms with E-state index in [0.717, 1.165) is 6.42 Å². The molecule has 2 rings (SSSR count). The minimum absolute atomic E-state index is 0.604. The fourth-order valence-corrected chi connectivity index (χ4v) is 1.86. The third kappa shape index (κ3) is 1.43. The molecule has 0 bridgehead atoms. The summed E-state index contributed by atoms with van der Waals surface area (Å²) in [5.41, 5.74) is 4.09. The first-order valence-electron chi connectivity index (χ1n) is 5.32. The van der Waals surface area contributed by atoms with Crippen molar-refractivity contribution in [1.82, 2.24) is 4.98 Å². The standard InChI is InChI=1S/C13H17N/c1-4-10-8-14-13-7-11(9(2)3)5-6-12(10)13/h5-9,14H,4H2,1-3H3. The maximum Gasteiger partial charge on any atom is 0.0459 e. The summed E-state index contributed by atoms with van der Waals surface area (Å²) < 4.78 is 0. The van der Waals surface area contributed by atoms with Gasteiger partial charge in [-0.3, -0.25) is 0 Å². The Hall–Kier alpha value is -1.24. The third-order valence-corrected chi connectivity index (χ3v) is 2.84. The number of benzene rings is 1. The average Bonchev–Trinajstić information content (AvgIpc) is 2.59. The van der Waals surface area contributed by atoms with Gasteiger partial charge in [0.05, 0.1) is 0 Å². The molecule has 1 heterocycles. The number of hydrogen-bond acceptors (Lipinski definition) is 0. The predicted molar refractivity (Wildman–Crippen MR) is 61.8 cm³/mol. The van der Waals surface area contributed by atoms with E-state index in [0.29, 0.717) is 5.92 Å². The number of aromatic nitrogens is 1. The lowest BCUT2D eigenvalue weighted by atomic mass is 10.0. The minimum Gasteiger partial charge on any atom is -0.361 e. The second-order valence-corrected chi connectivity index (χ2v) is 4.13. The van der Waals surface area contributed by atoms with E-state index in [9.17, 15) is 0 Å². The Balaban J connectivity index is 2.57. The van der Waals surface area contributed by atoms with Gasteiger partial charge in [0, 0.05) is 17.1 Å². The van der Waals surface area contributed by atoms with Crippen molar-refractivity contribution in [2.75, 3.05) is 0 Å². The van der Waals surface area contributed by atoms with Gasteiger partial charge in [0.15, 0.2) is 0 Å². The lowest BCUT2D eigenvalue weighted by molar-refractivity contribution is 0.868. The van der Waals surface area contributed by atoms with Gasteiger partial charge in [-0.15, -0.1) is 0 Å². The Morgan fingerprint density at radius 1 is 1.29 bits per heavy atom. The lowest BCUT2D eigenvalue weighted by Crippen LogP contribution is -1.86. The van der Waals surface area contributed by atoms with Crippen molar-refractivity contribution in [3.8, 4) is 0 Å². The molecule has 0 spiro atoms. The highest BCUT2D eigenvalue weighted by molar-refractivity contribution is 5.83.